The molecule has 0 heterocycles. The summed E-state index contributed by atoms with van der Waals surface area (Å²) in [7, 11) is 0. The lowest BCUT2D eigenvalue weighted by Crippen LogP contribution is -2.46. The van der Waals surface area contributed by atoms with Gasteiger partial charge in [0.1, 0.15) is 0 Å². The molecule has 0 radical (unpaired) electrons. The van der Waals surface area contributed by atoms with Crippen LogP contribution in [0.25, 0.3) is 0 Å². The average molecular weight is 246 g/mol. The van der Waals surface area contributed by atoms with Gasteiger partial charge in [-0.15, -0.1) is 0 Å². The molecule has 94 valence electrons. The Morgan fingerprint density at radius 2 is 2.19 bits per heavy atom. The van der Waals surface area contributed by atoms with Gasteiger partial charge in [0, 0.05) is 24.4 Å². The second-order valence-corrected chi connectivity index (χ2v) is 5.17. The fourth-order valence-electron chi connectivity index (χ4n) is 2.04. The number of hydrogen-bond acceptors (Lipinski definition) is 3. The van der Waals surface area contributed by atoms with Gasteiger partial charge in [-0.2, -0.15) is 11.8 Å². The van der Waals surface area contributed by atoms with E-state index in [0.717, 1.165) is 18.6 Å². The number of rotatable bonds is 6. The van der Waals surface area contributed by atoms with Crippen LogP contribution in [0.15, 0.2) is 0 Å². The van der Waals surface area contributed by atoms with Gasteiger partial charge in [-0.25, -0.2) is 4.79 Å². The molecule has 0 aromatic carbocycles. The first kappa shape index (κ1) is 13.6. The van der Waals surface area contributed by atoms with Crippen LogP contribution in [0.4, 0.5) is 4.79 Å². The van der Waals surface area contributed by atoms with E-state index >= 15 is 0 Å². The predicted molar refractivity (Wildman–Crippen MR) is 67.8 cm³/mol. The van der Waals surface area contributed by atoms with Gasteiger partial charge < -0.3 is 15.7 Å². The fourth-order valence-corrected chi connectivity index (χ4v) is 2.69. The third-order valence-electron chi connectivity index (χ3n) is 2.87. The van der Waals surface area contributed by atoms with Gasteiger partial charge in [-0.05, 0) is 25.5 Å². The van der Waals surface area contributed by atoms with Crippen LogP contribution in [0.2, 0.25) is 0 Å². The van der Waals surface area contributed by atoms with E-state index in [1.165, 1.54) is 12.8 Å². The van der Waals surface area contributed by atoms with Crippen molar-refractivity contribution in [3.63, 3.8) is 0 Å². The van der Waals surface area contributed by atoms with Crippen molar-refractivity contribution in [1.29, 1.82) is 0 Å². The molecule has 4 nitrogen and oxygen atoms in total. The summed E-state index contributed by atoms with van der Waals surface area (Å²) in [5.74, 6) is 0.846. The molecule has 1 unspecified atom stereocenters. The van der Waals surface area contributed by atoms with E-state index in [-0.39, 0.29) is 18.7 Å². The van der Waals surface area contributed by atoms with E-state index in [4.69, 9.17) is 5.11 Å². The Morgan fingerprint density at radius 1 is 1.50 bits per heavy atom. The molecule has 0 aromatic rings. The van der Waals surface area contributed by atoms with Crippen LogP contribution < -0.4 is 10.6 Å². The minimum atomic E-state index is -0.0839. The number of hydrogen-bond donors (Lipinski definition) is 3. The monoisotopic (exact) mass is 246 g/mol. The summed E-state index contributed by atoms with van der Waals surface area (Å²) in [5, 5.41) is 14.8. The van der Waals surface area contributed by atoms with Crippen molar-refractivity contribution in [2.45, 2.75) is 44.2 Å². The first-order valence-electron chi connectivity index (χ1n) is 5.93. The van der Waals surface area contributed by atoms with Gasteiger partial charge in [0.05, 0.1) is 0 Å². The van der Waals surface area contributed by atoms with Gasteiger partial charge in [0.2, 0.25) is 0 Å². The zero-order valence-corrected chi connectivity index (χ0v) is 10.7. The molecule has 5 heteroatoms. The molecule has 0 aromatic heterocycles. The molecule has 1 fully saturated rings. The van der Waals surface area contributed by atoms with Crippen LogP contribution >= 0.6 is 11.8 Å². The molecule has 2 amide bonds. The minimum absolute atomic E-state index is 0.0707. The number of aliphatic hydroxyl groups excluding tert-OH is 1. The number of thioether (sulfide) groups is 1. The SMILES string of the molecule is CSCC(CCO)NC(=O)NC1CCCC1. The summed E-state index contributed by atoms with van der Waals surface area (Å²) in [6.45, 7) is 0.120. The highest BCUT2D eigenvalue weighted by molar-refractivity contribution is 7.98. The zero-order chi connectivity index (χ0) is 11.8. The third kappa shape index (κ3) is 5.07. The molecule has 0 spiro atoms. The van der Waals surface area contributed by atoms with Gasteiger partial charge in [0.15, 0.2) is 0 Å². The summed E-state index contributed by atoms with van der Waals surface area (Å²) < 4.78 is 0. The Kier molecular flexibility index (Phi) is 6.64. The molecule has 1 rings (SSSR count). The maximum atomic E-state index is 11.6. The Morgan fingerprint density at radius 3 is 2.75 bits per heavy atom. The van der Waals surface area contributed by atoms with Crippen molar-refractivity contribution in [3.05, 3.63) is 0 Å². The largest absolute Gasteiger partial charge is 0.396 e. The number of carbonyl (C=O) groups is 1. The molecule has 1 aliphatic rings. The summed E-state index contributed by atoms with van der Waals surface area (Å²) in [6.07, 6.45) is 7.26. The van der Waals surface area contributed by atoms with Crippen molar-refractivity contribution in [2.75, 3.05) is 18.6 Å². The van der Waals surface area contributed by atoms with Crippen molar-refractivity contribution in [1.82, 2.24) is 10.6 Å². The highest BCUT2D eigenvalue weighted by atomic mass is 32.2. The molecule has 1 atom stereocenters. The summed E-state index contributed by atoms with van der Waals surface area (Å²) in [6, 6.07) is 0.338. The van der Waals surface area contributed by atoms with Crippen LogP contribution in [0.1, 0.15) is 32.1 Å². The van der Waals surface area contributed by atoms with E-state index in [1.54, 1.807) is 11.8 Å². The Hall–Kier alpha value is -0.420. The molecular weight excluding hydrogens is 224 g/mol. The fraction of sp³-hybridized carbons (Fsp3) is 0.909. The van der Waals surface area contributed by atoms with Crippen LogP contribution in [0.5, 0.6) is 0 Å². The van der Waals surface area contributed by atoms with Crippen molar-refractivity contribution >= 4 is 17.8 Å². The highest BCUT2D eigenvalue weighted by Crippen LogP contribution is 2.17. The number of amides is 2. The lowest BCUT2D eigenvalue weighted by molar-refractivity contribution is 0.228. The van der Waals surface area contributed by atoms with Crippen molar-refractivity contribution in [2.24, 2.45) is 0 Å². The van der Waals surface area contributed by atoms with Crippen LogP contribution in [0, 0.1) is 0 Å². The molecule has 0 aliphatic heterocycles. The average Bonchev–Trinajstić information content (AvgIpc) is 2.71. The topological polar surface area (TPSA) is 61.4 Å². The Balaban J connectivity index is 2.23. The van der Waals surface area contributed by atoms with Crippen LogP contribution in [-0.2, 0) is 0 Å². The Bertz CT molecular complexity index is 202. The molecule has 0 bridgehead atoms. The Labute approximate surface area is 102 Å². The third-order valence-corrected chi connectivity index (χ3v) is 3.61. The number of urea groups is 1. The van der Waals surface area contributed by atoms with Gasteiger partial charge in [0.25, 0.3) is 0 Å². The lowest BCUT2D eigenvalue weighted by atomic mass is 10.2. The maximum absolute atomic E-state index is 11.6. The second-order valence-electron chi connectivity index (χ2n) is 4.26. The van der Waals surface area contributed by atoms with E-state index < -0.39 is 0 Å². The van der Waals surface area contributed by atoms with E-state index in [9.17, 15) is 4.79 Å². The number of carbonyl (C=O) groups excluding carboxylic acids is 1. The first-order chi connectivity index (χ1) is 7.76. The molecule has 16 heavy (non-hydrogen) atoms. The molecular formula is C11H22N2O2S. The van der Waals surface area contributed by atoms with Gasteiger partial charge >= 0.3 is 6.03 Å². The van der Waals surface area contributed by atoms with E-state index in [1.807, 2.05) is 6.26 Å². The predicted octanol–water partition coefficient (Wildman–Crippen LogP) is 1.34. The van der Waals surface area contributed by atoms with E-state index in [0.29, 0.717) is 12.5 Å². The van der Waals surface area contributed by atoms with Gasteiger partial charge in [-0.3, -0.25) is 0 Å². The molecule has 1 aliphatic carbocycles. The highest BCUT2D eigenvalue weighted by Gasteiger charge is 2.18. The van der Waals surface area contributed by atoms with Crippen molar-refractivity contribution in [3.8, 4) is 0 Å². The second kappa shape index (κ2) is 7.79. The molecule has 0 saturated heterocycles. The quantitative estimate of drug-likeness (QED) is 0.663. The summed E-state index contributed by atoms with van der Waals surface area (Å²) in [4.78, 5) is 11.6. The van der Waals surface area contributed by atoms with Crippen LogP contribution in [-0.4, -0.2) is 41.8 Å². The van der Waals surface area contributed by atoms with E-state index in [2.05, 4.69) is 10.6 Å². The smallest absolute Gasteiger partial charge is 0.315 e. The van der Waals surface area contributed by atoms with Crippen LogP contribution in [0.3, 0.4) is 0 Å². The summed E-state index contributed by atoms with van der Waals surface area (Å²) >= 11 is 1.68. The zero-order valence-electron chi connectivity index (χ0n) is 9.87. The number of aliphatic hydroxyl groups is 1. The molecule has 3 N–H and O–H groups in total. The minimum Gasteiger partial charge on any atom is -0.396 e. The number of nitrogens with one attached hydrogen (secondary N) is 2. The standard InChI is InChI=1S/C11H22N2O2S/c1-16-8-10(6-7-14)13-11(15)12-9-4-2-3-5-9/h9-10,14H,2-8H2,1H3,(H2,12,13,15). The molecule has 1 saturated carbocycles. The van der Waals surface area contributed by atoms with Gasteiger partial charge in [-0.1, -0.05) is 12.8 Å². The van der Waals surface area contributed by atoms with Crippen molar-refractivity contribution < 1.29 is 9.90 Å². The maximum Gasteiger partial charge on any atom is 0.315 e. The first-order valence-corrected chi connectivity index (χ1v) is 7.32. The normalized spacial score (nSPS) is 18.4. The summed E-state index contributed by atoms with van der Waals surface area (Å²) in [5.41, 5.74) is 0. The lowest BCUT2D eigenvalue weighted by Gasteiger charge is -2.19.